The van der Waals surface area contributed by atoms with E-state index in [1.165, 1.54) is 10.9 Å². The first-order valence-corrected chi connectivity index (χ1v) is 9.69. The first-order valence-electron chi connectivity index (χ1n) is 8.90. The van der Waals surface area contributed by atoms with Gasteiger partial charge in [-0.05, 0) is 55.3 Å². The molecule has 29 heavy (non-hydrogen) atoms. The molecule has 0 saturated carbocycles. The zero-order valence-corrected chi connectivity index (χ0v) is 17.4. The van der Waals surface area contributed by atoms with E-state index in [-0.39, 0.29) is 11.5 Å². The van der Waals surface area contributed by atoms with E-state index >= 15 is 0 Å². The third-order valence-corrected chi connectivity index (χ3v) is 5.21. The molecular weight excluding hydrogens is 430 g/mol. The minimum atomic E-state index is -0.329. The average molecular weight is 446 g/mol. The van der Waals surface area contributed by atoms with Crippen molar-refractivity contribution in [3.8, 4) is 11.9 Å². The van der Waals surface area contributed by atoms with Gasteiger partial charge in [0.05, 0.1) is 11.7 Å². The Labute approximate surface area is 175 Å². The molecule has 2 aromatic carbocycles. The lowest BCUT2D eigenvalue weighted by Crippen LogP contribution is -2.16. The summed E-state index contributed by atoms with van der Waals surface area (Å²) in [5, 5.41) is 17.7. The highest BCUT2D eigenvalue weighted by Gasteiger charge is 2.18. The van der Waals surface area contributed by atoms with E-state index < -0.39 is 0 Å². The second-order valence-corrected chi connectivity index (χ2v) is 7.58. The average Bonchev–Trinajstić information content (AvgIpc) is 3.11. The second-order valence-electron chi connectivity index (χ2n) is 6.66. The van der Waals surface area contributed by atoms with Crippen LogP contribution in [0.4, 0.5) is 5.82 Å². The first kappa shape index (κ1) is 18.8. The standard InChI is InChI=1S/C22H16BrN5O/c1-13-4-3-5-18-14(2)10-19(26-20(13)18)28-21(16(11-24)12-25-28)27-22(29)15-6-8-17(23)9-7-15/h3-10,12H,1-2H3,(H,27,29). The number of hydrogen-bond donors (Lipinski definition) is 1. The maximum absolute atomic E-state index is 12.7. The Morgan fingerprint density at radius 2 is 1.90 bits per heavy atom. The quantitative estimate of drug-likeness (QED) is 0.484. The van der Waals surface area contributed by atoms with Gasteiger partial charge in [-0.25, -0.2) is 4.98 Å². The van der Waals surface area contributed by atoms with Crippen LogP contribution >= 0.6 is 15.9 Å². The Kier molecular flexibility index (Phi) is 4.87. The van der Waals surface area contributed by atoms with Gasteiger partial charge in [0.25, 0.3) is 5.91 Å². The van der Waals surface area contributed by atoms with Gasteiger partial charge < -0.3 is 5.32 Å². The van der Waals surface area contributed by atoms with Gasteiger partial charge in [-0.15, -0.1) is 0 Å². The molecule has 4 rings (SSSR count). The predicted octanol–water partition coefficient (Wildman–Crippen LogP) is 4.92. The number of nitrogens with zero attached hydrogens (tertiary/aromatic N) is 4. The molecule has 6 nitrogen and oxygen atoms in total. The number of fused-ring (bicyclic) bond motifs is 1. The van der Waals surface area contributed by atoms with E-state index in [2.05, 4.69) is 32.4 Å². The van der Waals surface area contributed by atoms with Gasteiger partial charge in [-0.2, -0.15) is 15.0 Å². The van der Waals surface area contributed by atoms with Gasteiger partial charge in [0.1, 0.15) is 11.6 Å². The number of aryl methyl sites for hydroxylation is 2. The van der Waals surface area contributed by atoms with Crippen molar-refractivity contribution < 1.29 is 4.79 Å². The molecule has 4 aromatic rings. The SMILES string of the molecule is Cc1cc(-n2ncc(C#N)c2NC(=O)c2ccc(Br)cc2)nc2c(C)cccc12. The Morgan fingerprint density at radius 1 is 1.14 bits per heavy atom. The molecule has 0 fully saturated rings. The molecule has 7 heteroatoms. The number of carbonyl (C=O) groups excluding carboxylic acids is 1. The van der Waals surface area contributed by atoms with Crippen molar-refractivity contribution >= 4 is 38.6 Å². The van der Waals surface area contributed by atoms with Gasteiger partial charge in [-0.3, -0.25) is 4.79 Å². The van der Waals surface area contributed by atoms with Crippen LogP contribution in [0.3, 0.4) is 0 Å². The molecule has 2 aromatic heterocycles. The molecule has 0 spiro atoms. The maximum atomic E-state index is 12.7. The second kappa shape index (κ2) is 7.49. The molecule has 1 amide bonds. The number of anilines is 1. The number of amides is 1. The van der Waals surface area contributed by atoms with E-state index in [0.717, 1.165) is 26.5 Å². The lowest BCUT2D eigenvalue weighted by Gasteiger charge is -2.12. The van der Waals surface area contributed by atoms with Crippen LogP contribution in [0.15, 0.2) is 59.2 Å². The Bertz CT molecular complexity index is 1290. The number of rotatable bonds is 3. The predicted molar refractivity (Wildman–Crippen MR) is 115 cm³/mol. The van der Waals surface area contributed by atoms with Crippen LogP contribution in [0.25, 0.3) is 16.7 Å². The van der Waals surface area contributed by atoms with E-state index in [1.807, 2.05) is 38.1 Å². The van der Waals surface area contributed by atoms with Gasteiger partial charge in [0.15, 0.2) is 11.6 Å². The van der Waals surface area contributed by atoms with E-state index in [9.17, 15) is 10.1 Å². The van der Waals surface area contributed by atoms with Crippen molar-refractivity contribution in [2.45, 2.75) is 13.8 Å². The van der Waals surface area contributed by atoms with Crippen molar-refractivity contribution in [3.05, 3.63) is 81.5 Å². The van der Waals surface area contributed by atoms with Crippen molar-refractivity contribution in [2.24, 2.45) is 0 Å². The largest absolute Gasteiger partial charge is 0.305 e. The Morgan fingerprint density at radius 3 is 2.62 bits per heavy atom. The molecule has 0 saturated heterocycles. The lowest BCUT2D eigenvalue weighted by molar-refractivity contribution is 0.102. The number of carbonyl (C=O) groups is 1. The van der Waals surface area contributed by atoms with Crippen molar-refractivity contribution in [3.63, 3.8) is 0 Å². The molecule has 142 valence electrons. The smallest absolute Gasteiger partial charge is 0.256 e. The first-order chi connectivity index (χ1) is 14.0. The van der Waals surface area contributed by atoms with Gasteiger partial charge in [0.2, 0.25) is 0 Å². The fourth-order valence-electron chi connectivity index (χ4n) is 3.16. The minimum Gasteiger partial charge on any atom is -0.305 e. The summed E-state index contributed by atoms with van der Waals surface area (Å²) in [5.41, 5.74) is 3.68. The normalized spacial score (nSPS) is 10.7. The Balaban J connectivity index is 1.80. The zero-order chi connectivity index (χ0) is 20.5. The molecule has 0 atom stereocenters. The summed E-state index contributed by atoms with van der Waals surface area (Å²) in [5.74, 6) is 0.501. The van der Waals surface area contributed by atoms with Crippen LogP contribution in [-0.4, -0.2) is 20.7 Å². The highest BCUT2D eigenvalue weighted by Crippen LogP contribution is 2.25. The summed E-state index contributed by atoms with van der Waals surface area (Å²) in [6.45, 7) is 4.00. The summed E-state index contributed by atoms with van der Waals surface area (Å²) < 4.78 is 2.37. The number of halogens is 1. The summed E-state index contributed by atoms with van der Waals surface area (Å²) in [6, 6.07) is 17.0. The highest BCUT2D eigenvalue weighted by molar-refractivity contribution is 9.10. The van der Waals surface area contributed by atoms with Gasteiger partial charge in [-0.1, -0.05) is 34.1 Å². The molecule has 1 N–H and O–H groups in total. The van der Waals surface area contributed by atoms with E-state index in [1.54, 1.807) is 24.3 Å². The fourth-order valence-corrected chi connectivity index (χ4v) is 3.42. The van der Waals surface area contributed by atoms with Gasteiger partial charge >= 0.3 is 0 Å². The number of nitriles is 1. The number of para-hydroxylation sites is 1. The number of pyridine rings is 1. The number of aromatic nitrogens is 3. The lowest BCUT2D eigenvalue weighted by atomic mass is 10.1. The summed E-state index contributed by atoms with van der Waals surface area (Å²) in [6.07, 6.45) is 1.43. The third-order valence-electron chi connectivity index (χ3n) is 4.68. The minimum absolute atomic E-state index is 0.264. The molecule has 0 aliphatic heterocycles. The number of nitrogens with one attached hydrogen (secondary N) is 1. The fraction of sp³-hybridized carbons (Fsp3) is 0.0909. The number of hydrogen-bond acceptors (Lipinski definition) is 4. The van der Waals surface area contributed by atoms with Crippen molar-refractivity contribution in [2.75, 3.05) is 5.32 Å². The van der Waals surface area contributed by atoms with Gasteiger partial charge in [0, 0.05) is 15.4 Å². The molecule has 0 unspecified atom stereocenters. The van der Waals surface area contributed by atoms with Crippen LogP contribution in [0.5, 0.6) is 0 Å². The monoisotopic (exact) mass is 445 g/mol. The summed E-state index contributed by atoms with van der Waals surface area (Å²) in [7, 11) is 0. The summed E-state index contributed by atoms with van der Waals surface area (Å²) in [4.78, 5) is 17.5. The molecular formula is C22H16BrN5O. The van der Waals surface area contributed by atoms with E-state index in [0.29, 0.717) is 17.2 Å². The van der Waals surface area contributed by atoms with Crippen LogP contribution in [-0.2, 0) is 0 Å². The molecule has 0 aliphatic carbocycles. The number of benzene rings is 2. The molecule has 0 radical (unpaired) electrons. The zero-order valence-electron chi connectivity index (χ0n) is 15.8. The van der Waals surface area contributed by atoms with E-state index in [4.69, 9.17) is 4.98 Å². The topological polar surface area (TPSA) is 83.6 Å². The molecule has 2 heterocycles. The van der Waals surface area contributed by atoms with Crippen LogP contribution in [0.2, 0.25) is 0 Å². The Hall–Kier alpha value is -3.50. The maximum Gasteiger partial charge on any atom is 0.256 e. The summed E-state index contributed by atoms with van der Waals surface area (Å²) >= 11 is 3.36. The van der Waals surface area contributed by atoms with Crippen molar-refractivity contribution in [1.82, 2.24) is 14.8 Å². The molecule has 0 bridgehead atoms. The van der Waals surface area contributed by atoms with Crippen molar-refractivity contribution in [1.29, 1.82) is 5.26 Å². The third kappa shape index (κ3) is 3.50. The van der Waals surface area contributed by atoms with Crippen LogP contribution in [0.1, 0.15) is 27.0 Å². The highest BCUT2D eigenvalue weighted by atomic mass is 79.9. The van der Waals surface area contributed by atoms with Crippen LogP contribution in [0, 0.1) is 25.2 Å². The van der Waals surface area contributed by atoms with Crippen LogP contribution < -0.4 is 5.32 Å². The molecule has 0 aliphatic rings.